The summed E-state index contributed by atoms with van der Waals surface area (Å²) >= 11 is 0. The van der Waals surface area contributed by atoms with E-state index in [1.807, 2.05) is 13.8 Å². The van der Waals surface area contributed by atoms with E-state index in [4.69, 9.17) is 5.84 Å². The minimum absolute atomic E-state index is 0.739. The van der Waals surface area contributed by atoms with Crippen LogP contribution in [-0.4, -0.2) is 9.97 Å². The second-order valence-corrected chi connectivity index (χ2v) is 3.45. The van der Waals surface area contributed by atoms with Crippen molar-refractivity contribution in [1.82, 2.24) is 9.97 Å². The zero-order chi connectivity index (χ0) is 10.6. The highest BCUT2D eigenvalue weighted by atomic mass is 15.3. The van der Waals surface area contributed by atoms with Crippen LogP contribution in [-0.2, 0) is 6.42 Å². The number of nitrogens with two attached hydrogens (primary N) is 1. The van der Waals surface area contributed by atoms with Crippen molar-refractivity contribution in [2.75, 3.05) is 5.43 Å². The molecule has 0 atom stereocenters. The maximum Gasteiger partial charge on any atom is 0.146 e. The van der Waals surface area contributed by atoms with Crippen LogP contribution in [0, 0.1) is 13.8 Å². The normalized spacial score (nSPS) is 10.3. The highest BCUT2D eigenvalue weighted by Crippen LogP contribution is 2.14. The quantitative estimate of drug-likeness (QED) is 0.566. The van der Waals surface area contributed by atoms with Crippen LogP contribution in [0.4, 0.5) is 5.82 Å². The van der Waals surface area contributed by atoms with Crippen molar-refractivity contribution >= 4 is 5.82 Å². The molecule has 0 aliphatic carbocycles. The Balaban J connectivity index is 2.91. The van der Waals surface area contributed by atoms with Gasteiger partial charge >= 0.3 is 0 Å². The van der Waals surface area contributed by atoms with Gasteiger partial charge in [0.1, 0.15) is 11.6 Å². The Morgan fingerprint density at radius 2 is 2.00 bits per heavy atom. The minimum atomic E-state index is 0.739. The Hall–Kier alpha value is -1.16. The molecule has 78 valence electrons. The molecule has 1 aromatic heterocycles. The van der Waals surface area contributed by atoms with Crippen LogP contribution >= 0.6 is 0 Å². The molecule has 0 amide bonds. The smallest absolute Gasteiger partial charge is 0.146 e. The number of aryl methyl sites for hydroxylation is 2. The van der Waals surface area contributed by atoms with E-state index in [1.165, 1.54) is 0 Å². The van der Waals surface area contributed by atoms with Crippen LogP contribution in [0.5, 0.6) is 0 Å². The minimum Gasteiger partial charge on any atom is -0.308 e. The maximum atomic E-state index is 5.38. The molecule has 3 N–H and O–H groups in total. The molecule has 4 nitrogen and oxygen atoms in total. The standard InChI is InChI=1S/C10H18N4/c1-4-5-6-9-12-8(3)7(2)10(13-9)14-11/h4-6,11H2,1-3H3,(H,12,13,14). The molecule has 0 bridgehead atoms. The van der Waals surface area contributed by atoms with E-state index in [0.29, 0.717) is 0 Å². The lowest BCUT2D eigenvalue weighted by molar-refractivity contribution is 0.746. The molecule has 14 heavy (non-hydrogen) atoms. The van der Waals surface area contributed by atoms with Crippen LogP contribution in [0.2, 0.25) is 0 Å². The van der Waals surface area contributed by atoms with Crippen LogP contribution < -0.4 is 11.3 Å². The van der Waals surface area contributed by atoms with Crippen molar-refractivity contribution in [3.8, 4) is 0 Å². The third kappa shape index (κ3) is 2.42. The summed E-state index contributed by atoms with van der Waals surface area (Å²) in [5, 5.41) is 0. The third-order valence-corrected chi connectivity index (χ3v) is 2.33. The van der Waals surface area contributed by atoms with Crippen molar-refractivity contribution < 1.29 is 0 Å². The first-order valence-corrected chi connectivity index (χ1v) is 4.99. The fraction of sp³-hybridized carbons (Fsp3) is 0.600. The van der Waals surface area contributed by atoms with Crippen molar-refractivity contribution in [2.24, 2.45) is 5.84 Å². The van der Waals surface area contributed by atoms with Crippen molar-refractivity contribution in [3.63, 3.8) is 0 Å². The SMILES string of the molecule is CCCCc1nc(C)c(C)c(NN)n1. The van der Waals surface area contributed by atoms with Gasteiger partial charge in [-0.1, -0.05) is 13.3 Å². The van der Waals surface area contributed by atoms with Gasteiger partial charge in [-0.25, -0.2) is 15.8 Å². The fourth-order valence-electron chi connectivity index (χ4n) is 1.27. The number of nitrogens with zero attached hydrogens (tertiary/aromatic N) is 2. The van der Waals surface area contributed by atoms with E-state index in [1.54, 1.807) is 0 Å². The number of hydrazine groups is 1. The summed E-state index contributed by atoms with van der Waals surface area (Å²) in [4.78, 5) is 8.75. The monoisotopic (exact) mass is 194 g/mol. The zero-order valence-corrected chi connectivity index (χ0v) is 9.09. The molecule has 0 aromatic carbocycles. The maximum absolute atomic E-state index is 5.38. The van der Waals surface area contributed by atoms with Gasteiger partial charge in [-0.15, -0.1) is 0 Å². The molecule has 0 radical (unpaired) electrons. The largest absolute Gasteiger partial charge is 0.308 e. The Bertz CT molecular complexity index is 309. The number of unbranched alkanes of at least 4 members (excludes halogenated alkanes) is 1. The Morgan fingerprint density at radius 3 is 2.57 bits per heavy atom. The van der Waals surface area contributed by atoms with E-state index >= 15 is 0 Å². The molecule has 0 unspecified atom stereocenters. The molecule has 0 aliphatic heterocycles. The average Bonchev–Trinajstić information content (AvgIpc) is 2.19. The van der Waals surface area contributed by atoms with Gasteiger partial charge < -0.3 is 5.43 Å². The van der Waals surface area contributed by atoms with Crippen LogP contribution in [0.1, 0.15) is 36.8 Å². The topological polar surface area (TPSA) is 63.8 Å². The number of nitrogen functional groups attached to an aromatic ring is 1. The highest BCUT2D eigenvalue weighted by molar-refractivity contribution is 5.44. The zero-order valence-electron chi connectivity index (χ0n) is 9.09. The van der Waals surface area contributed by atoms with Crippen LogP contribution in [0.25, 0.3) is 0 Å². The van der Waals surface area contributed by atoms with E-state index < -0.39 is 0 Å². The summed E-state index contributed by atoms with van der Waals surface area (Å²) in [5.41, 5.74) is 4.62. The molecule has 0 spiro atoms. The van der Waals surface area contributed by atoms with Gasteiger partial charge in [-0.2, -0.15) is 0 Å². The summed E-state index contributed by atoms with van der Waals surface area (Å²) in [6.07, 6.45) is 3.19. The fourth-order valence-corrected chi connectivity index (χ4v) is 1.27. The highest BCUT2D eigenvalue weighted by Gasteiger charge is 2.05. The van der Waals surface area contributed by atoms with Gasteiger partial charge in [-0.3, -0.25) is 0 Å². The van der Waals surface area contributed by atoms with E-state index in [9.17, 15) is 0 Å². The van der Waals surface area contributed by atoms with Gasteiger partial charge in [0.25, 0.3) is 0 Å². The number of aromatic nitrogens is 2. The summed E-state index contributed by atoms with van der Waals surface area (Å²) in [5.74, 6) is 6.99. The Morgan fingerprint density at radius 1 is 1.29 bits per heavy atom. The third-order valence-electron chi connectivity index (χ3n) is 2.33. The number of anilines is 1. The average molecular weight is 194 g/mol. The molecular weight excluding hydrogens is 176 g/mol. The van der Waals surface area contributed by atoms with Gasteiger partial charge in [0.05, 0.1) is 0 Å². The van der Waals surface area contributed by atoms with E-state index in [0.717, 1.165) is 42.2 Å². The second-order valence-electron chi connectivity index (χ2n) is 3.45. The molecule has 0 aliphatic rings. The van der Waals surface area contributed by atoms with Crippen molar-refractivity contribution in [3.05, 3.63) is 17.1 Å². The number of nitrogens with one attached hydrogen (secondary N) is 1. The first-order valence-electron chi connectivity index (χ1n) is 4.99. The second kappa shape index (κ2) is 4.91. The lowest BCUT2D eigenvalue weighted by atomic mass is 10.2. The number of hydrogen-bond donors (Lipinski definition) is 2. The summed E-state index contributed by atoms with van der Waals surface area (Å²) in [6.45, 7) is 6.10. The predicted octanol–water partition coefficient (Wildman–Crippen LogP) is 1.72. The summed E-state index contributed by atoms with van der Waals surface area (Å²) in [6, 6.07) is 0. The van der Waals surface area contributed by atoms with Gasteiger partial charge in [0, 0.05) is 17.7 Å². The lowest BCUT2D eigenvalue weighted by Crippen LogP contribution is -2.13. The number of hydrogen-bond acceptors (Lipinski definition) is 4. The molecule has 1 heterocycles. The molecule has 0 saturated carbocycles. The van der Waals surface area contributed by atoms with E-state index in [2.05, 4.69) is 22.3 Å². The van der Waals surface area contributed by atoms with Crippen LogP contribution in [0.3, 0.4) is 0 Å². The molecule has 4 heteroatoms. The Labute approximate surface area is 84.9 Å². The molecule has 0 saturated heterocycles. The van der Waals surface area contributed by atoms with Crippen LogP contribution in [0.15, 0.2) is 0 Å². The van der Waals surface area contributed by atoms with Crippen molar-refractivity contribution in [2.45, 2.75) is 40.0 Å². The molecule has 1 aromatic rings. The lowest BCUT2D eigenvalue weighted by Gasteiger charge is -2.08. The Kier molecular flexibility index (Phi) is 3.83. The summed E-state index contributed by atoms with van der Waals surface area (Å²) in [7, 11) is 0. The molecule has 0 fully saturated rings. The van der Waals surface area contributed by atoms with Gasteiger partial charge in [0.15, 0.2) is 0 Å². The molecular formula is C10H18N4. The van der Waals surface area contributed by atoms with Crippen molar-refractivity contribution in [1.29, 1.82) is 0 Å². The summed E-state index contributed by atoms with van der Waals surface area (Å²) < 4.78 is 0. The number of rotatable bonds is 4. The molecule has 1 rings (SSSR count). The van der Waals surface area contributed by atoms with Gasteiger partial charge in [0.2, 0.25) is 0 Å². The van der Waals surface area contributed by atoms with E-state index in [-0.39, 0.29) is 0 Å². The van der Waals surface area contributed by atoms with Gasteiger partial charge in [-0.05, 0) is 20.3 Å². The first-order chi connectivity index (χ1) is 6.69. The first kappa shape index (κ1) is 10.9. The predicted molar refractivity (Wildman–Crippen MR) is 57.9 cm³/mol.